The second-order valence-corrected chi connectivity index (χ2v) is 21.3. The van der Waals surface area contributed by atoms with E-state index in [1.165, 1.54) is 0 Å². The molecule has 1 aliphatic rings. The molecule has 3 aromatic carbocycles. The van der Waals surface area contributed by atoms with Gasteiger partial charge in [-0.25, -0.2) is 8.42 Å². The van der Waals surface area contributed by atoms with Crippen LogP contribution in [0.15, 0.2) is 89.8 Å². The van der Waals surface area contributed by atoms with Crippen LogP contribution in [0.3, 0.4) is 0 Å². The highest BCUT2D eigenvalue weighted by atomic mass is 32.2. The normalized spacial score (nSPS) is 20.7. The molecule has 1 N–H and O–H groups in total. The number of hydrogen-bond donors (Lipinski definition) is 1. The fourth-order valence-electron chi connectivity index (χ4n) is 5.66. The van der Waals surface area contributed by atoms with Crippen molar-refractivity contribution in [2.45, 2.75) is 107 Å². The predicted octanol–water partition coefficient (Wildman–Crippen LogP) is 8.00. The Kier molecular flexibility index (Phi) is 11.8. The quantitative estimate of drug-likeness (QED) is 0.183. The molecule has 0 saturated carbocycles. The van der Waals surface area contributed by atoms with Gasteiger partial charge in [0.25, 0.3) is 0 Å². The van der Waals surface area contributed by atoms with Crippen LogP contribution in [0.5, 0.6) is 5.75 Å². The molecule has 0 aliphatic carbocycles. The van der Waals surface area contributed by atoms with Gasteiger partial charge in [-0.1, -0.05) is 83.1 Å². The van der Waals surface area contributed by atoms with Gasteiger partial charge in [0.2, 0.25) is 15.7 Å². The molecule has 0 spiro atoms. The minimum atomic E-state index is -3.92. The van der Waals surface area contributed by atoms with Crippen LogP contribution in [0.25, 0.3) is 0 Å². The average Bonchev–Trinajstić information content (AvgIpc) is 3.01. The number of hydrogen-bond acceptors (Lipinski definition) is 7. The molecule has 1 aliphatic heterocycles. The monoisotopic (exact) mass is 681 g/mol. The minimum absolute atomic E-state index is 0.0975. The van der Waals surface area contributed by atoms with E-state index in [-0.39, 0.29) is 22.3 Å². The van der Waals surface area contributed by atoms with Crippen molar-refractivity contribution in [3.05, 3.63) is 90.5 Å². The van der Waals surface area contributed by atoms with Gasteiger partial charge in [-0.2, -0.15) is 0 Å². The standard InChI is InChI=1S/C37H51NO7SSi/c1-36(2,3)47(7,8)45-31(25-34(39)38-28-15-11-9-12-16-28)23-30-24-33(43-26-27-19-21-29(42-6)22-20-27)37(4,5)35(44-30)46(40,41)32-17-13-10-14-18-32/h9-22,30-31,33,35H,23-26H2,1-8H3,(H,38,39)/t30-,31-,33+,35-/m1/s1. The van der Waals surface area contributed by atoms with Crippen molar-refractivity contribution in [3.63, 3.8) is 0 Å². The predicted molar refractivity (Wildman–Crippen MR) is 189 cm³/mol. The summed E-state index contributed by atoms with van der Waals surface area (Å²) in [7, 11) is -4.62. The first kappa shape index (κ1) is 36.8. The molecular weight excluding hydrogens is 631 g/mol. The van der Waals surface area contributed by atoms with Crippen molar-refractivity contribution >= 4 is 29.7 Å². The molecule has 0 bridgehead atoms. The fourth-order valence-corrected chi connectivity index (χ4v) is 9.07. The zero-order valence-corrected chi connectivity index (χ0v) is 30.8. The second-order valence-electron chi connectivity index (χ2n) is 14.5. The summed E-state index contributed by atoms with van der Waals surface area (Å²) in [5.41, 5.74) is -0.411. The van der Waals surface area contributed by atoms with Gasteiger partial charge in [-0.05, 0) is 66.5 Å². The summed E-state index contributed by atoms with van der Waals surface area (Å²) in [5, 5.41) is 2.89. The lowest BCUT2D eigenvalue weighted by Crippen LogP contribution is -2.55. The lowest BCUT2D eigenvalue weighted by molar-refractivity contribution is -0.171. The van der Waals surface area contributed by atoms with E-state index in [1.807, 2.05) is 68.4 Å². The molecule has 0 unspecified atom stereocenters. The Bertz CT molecular complexity index is 1560. The number of methoxy groups -OCH3 is 1. The van der Waals surface area contributed by atoms with Crippen LogP contribution in [0.2, 0.25) is 18.1 Å². The largest absolute Gasteiger partial charge is 0.497 e. The Labute approximate surface area is 282 Å². The van der Waals surface area contributed by atoms with E-state index in [0.29, 0.717) is 25.1 Å². The minimum Gasteiger partial charge on any atom is -0.497 e. The Morgan fingerprint density at radius 3 is 2.15 bits per heavy atom. The number of ether oxygens (including phenoxy) is 3. The summed E-state index contributed by atoms with van der Waals surface area (Å²) in [5.74, 6) is 0.579. The lowest BCUT2D eigenvalue weighted by atomic mass is 9.80. The van der Waals surface area contributed by atoms with Crippen LogP contribution in [0, 0.1) is 5.41 Å². The molecule has 3 aromatic rings. The zero-order chi connectivity index (χ0) is 34.5. The number of amides is 1. The van der Waals surface area contributed by atoms with Gasteiger partial charge in [0, 0.05) is 17.5 Å². The first-order chi connectivity index (χ1) is 22.0. The second kappa shape index (κ2) is 15.0. The van der Waals surface area contributed by atoms with E-state index in [0.717, 1.165) is 11.3 Å². The van der Waals surface area contributed by atoms with Crippen molar-refractivity contribution in [1.29, 1.82) is 0 Å². The summed E-state index contributed by atoms with van der Waals surface area (Å²) >= 11 is 0. The molecule has 1 heterocycles. The molecule has 4 rings (SSSR count). The number of sulfone groups is 1. The Morgan fingerprint density at radius 1 is 0.979 bits per heavy atom. The Balaban J connectivity index is 1.64. The third-order valence-corrected chi connectivity index (χ3v) is 16.2. The van der Waals surface area contributed by atoms with Crippen molar-refractivity contribution in [3.8, 4) is 5.75 Å². The highest BCUT2D eigenvalue weighted by Crippen LogP contribution is 2.45. The highest BCUT2D eigenvalue weighted by molar-refractivity contribution is 7.92. The van der Waals surface area contributed by atoms with Gasteiger partial charge in [0.15, 0.2) is 13.8 Å². The van der Waals surface area contributed by atoms with E-state index >= 15 is 0 Å². The molecule has 10 heteroatoms. The van der Waals surface area contributed by atoms with E-state index in [2.05, 4.69) is 39.2 Å². The summed E-state index contributed by atoms with van der Waals surface area (Å²) in [4.78, 5) is 13.5. The Morgan fingerprint density at radius 2 is 1.57 bits per heavy atom. The third kappa shape index (κ3) is 9.32. The first-order valence-corrected chi connectivity index (χ1v) is 20.7. The number of nitrogens with one attached hydrogen (secondary N) is 1. The summed E-state index contributed by atoms with van der Waals surface area (Å²) in [6.07, 6.45) is -0.591. The number of carbonyl (C=O) groups excluding carboxylic acids is 1. The van der Waals surface area contributed by atoms with Crippen molar-refractivity contribution in [2.75, 3.05) is 12.4 Å². The lowest BCUT2D eigenvalue weighted by Gasteiger charge is -2.48. The molecule has 0 radical (unpaired) electrons. The number of benzene rings is 3. The molecule has 47 heavy (non-hydrogen) atoms. The van der Waals surface area contributed by atoms with Crippen molar-refractivity contribution < 1.29 is 31.8 Å². The van der Waals surface area contributed by atoms with Gasteiger partial charge in [0.1, 0.15) is 5.75 Å². The first-order valence-electron chi connectivity index (χ1n) is 16.2. The molecule has 256 valence electrons. The van der Waals surface area contributed by atoms with Gasteiger partial charge < -0.3 is 24.0 Å². The van der Waals surface area contributed by atoms with Gasteiger partial charge in [-0.15, -0.1) is 0 Å². The zero-order valence-electron chi connectivity index (χ0n) is 29.0. The van der Waals surface area contributed by atoms with Gasteiger partial charge in [0.05, 0.1) is 43.3 Å². The van der Waals surface area contributed by atoms with Crippen LogP contribution >= 0.6 is 0 Å². The summed E-state index contributed by atoms with van der Waals surface area (Å²) < 4.78 is 53.6. The third-order valence-electron chi connectivity index (χ3n) is 9.46. The molecule has 8 nitrogen and oxygen atoms in total. The van der Waals surface area contributed by atoms with Crippen LogP contribution in [-0.2, 0) is 35.1 Å². The van der Waals surface area contributed by atoms with E-state index < -0.39 is 47.3 Å². The Hall–Kier alpha value is -3.02. The van der Waals surface area contributed by atoms with E-state index in [9.17, 15) is 13.2 Å². The number of anilines is 1. The maximum absolute atomic E-state index is 14.2. The SMILES string of the molecule is COc1ccc(CO[C@H]2C[C@@H](C[C@H](CC(=O)Nc3ccccc3)O[Si](C)(C)C(C)(C)C)O[C@H](S(=O)(=O)c3ccccc3)C2(C)C)cc1. The van der Waals surface area contributed by atoms with E-state index in [4.69, 9.17) is 18.6 Å². The fraction of sp³-hybridized carbons (Fsp3) is 0.486. The molecule has 1 fully saturated rings. The van der Waals surface area contributed by atoms with Crippen molar-refractivity contribution in [2.24, 2.45) is 5.41 Å². The number of rotatable bonds is 13. The topological polar surface area (TPSA) is 100 Å². The maximum atomic E-state index is 14.2. The van der Waals surface area contributed by atoms with Gasteiger partial charge >= 0.3 is 0 Å². The van der Waals surface area contributed by atoms with Crippen molar-refractivity contribution in [1.82, 2.24) is 0 Å². The summed E-state index contributed by atoms with van der Waals surface area (Å²) in [6, 6.07) is 25.4. The number of carbonyl (C=O) groups is 1. The van der Waals surface area contributed by atoms with Crippen LogP contribution in [0.4, 0.5) is 5.69 Å². The smallest absolute Gasteiger partial charge is 0.226 e. The molecule has 0 aromatic heterocycles. The molecule has 1 saturated heterocycles. The average molecular weight is 682 g/mol. The number of para-hydroxylation sites is 1. The molecule has 4 atom stereocenters. The summed E-state index contributed by atoms with van der Waals surface area (Å²) in [6.45, 7) is 14.9. The van der Waals surface area contributed by atoms with Crippen LogP contribution in [-0.4, -0.2) is 53.5 Å². The maximum Gasteiger partial charge on any atom is 0.226 e. The van der Waals surface area contributed by atoms with Crippen LogP contribution in [0.1, 0.15) is 59.4 Å². The molecule has 1 amide bonds. The van der Waals surface area contributed by atoms with E-state index in [1.54, 1.807) is 37.4 Å². The highest BCUT2D eigenvalue weighted by Gasteiger charge is 2.52. The molecular formula is C37H51NO7SSi. The van der Waals surface area contributed by atoms with Gasteiger partial charge in [-0.3, -0.25) is 4.79 Å². The van der Waals surface area contributed by atoms with Crippen LogP contribution < -0.4 is 10.1 Å².